The van der Waals surface area contributed by atoms with Gasteiger partial charge in [-0.25, -0.2) is 4.98 Å². The van der Waals surface area contributed by atoms with Crippen molar-refractivity contribution in [3.05, 3.63) is 29.1 Å². The Morgan fingerprint density at radius 1 is 1.50 bits per heavy atom. The maximum atomic E-state index is 12.6. The van der Waals surface area contributed by atoms with Crippen LogP contribution in [0, 0.1) is 0 Å². The second-order valence-electron chi connectivity index (χ2n) is 5.02. The van der Waals surface area contributed by atoms with Gasteiger partial charge in [0.05, 0.1) is 24.9 Å². The summed E-state index contributed by atoms with van der Waals surface area (Å²) in [4.78, 5) is 3.65. The first-order valence-corrected chi connectivity index (χ1v) is 6.41. The van der Waals surface area contributed by atoms with Crippen molar-refractivity contribution < 1.29 is 23.0 Å². The van der Waals surface area contributed by atoms with Crippen LogP contribution in [0.25, 0.3) is 0 Å². The standard InChI is InChI=1S/C13H17F3N2O2/c1-7(19)6-20-10-4-3-9-8(12(10)17)2-5-11(18-9)13(14,15)16/h2,5,7,10,12,19H,3-4,6,17H2,1H3/t7-,10+,12-/m0/s1. The summed E-state index contributed by atoms with van der Waals surface area (Å²) in [6, 6.07) is 1.79. The van der Waals surface area contributed by atoms with Gasteiger partial charge in [0.1, 0.15) is 5.69 Å². The summed E-state index contributed by atoms with van der Waals surface area (Å²) in [6.07, 6.45) is -4.48. The molecule has 0 aliphatic heterocycles. The van der Waals surface area contributed by atoms with Gasteiger partial charge in [0.25, 0.3) is 0 Å². The molecule has 1 aliphatic rings. The fourth-order valence-electron chi connectivity index (χ4n) is 2.28. The monoisotopic (exact) mass is 290 g/mol. The average Bonchev–Trinajstić information content (AvgIpc) is 2.36. The first kappa shape index (κ1) is 15.2. The molecule has 0 aromatic carbocycles. The van der Waals surface area contributed by atoms with E-state index in [1.54, 1.807) is 6.92 Å². The molecule has 3 N–H and O–H groups in total. The van der Waals surface area contributed by atoms with E-state index in [4.69, 9.17) is 10.5 Å². The predicted octanol–water partition coefficient (Wildman–Crippen LogP) is 1.81. The van der Waals surface area contributed by atoms with Gasteiger partial charge in [0, 0.05) is 5.69 Å². The number of alkyl halides is 3. The zero-order valence-corrected chi connectivity index (χ0v) is 11.0. The molecule has 1 aliphatic carbocycles. The lowest BCUT2D eigenvalue weighted by molar-refractivity contribution is -0.141. The number of aromatic nitrogens is 1. The van der Waals surface area contributed by atoms with Gasteiger partial charge in [-0.1, -0.05) is 6.07 Å². The molecule has 1 heterocycles. The SMILES string of the molecule is C[C@H](O)CO[C@@H]1CCc2nc(C(F)(F)F)ccc2[C@@H]1N. The van der Waals surface area contributed by atoms with Crippen molar-refractivity contribution in [1.29, 1.82) is 0 Å². The summed E-state index contributed by atoms with van der Waals surface area (Å²) < 4.78 is 43.3. The lowest BCUT2D eigenvalue weighted by atomic mass is 9.89. The molecule has 0 fully saturated rings. The minimum Gasteiger partial charge on any atom is -0.391 e. The van der Waals surface area contributed by atoms with Crippen LogP contribution < -0.4 is 5.73 Å². The lowest BCUT2D eigenvalue weighted by Crippen LogP contribution is -2.36. The van der Waals surface area contributed by atoms with Gasteiger partial charge < -0.3 is 15.6 Å². The molecule has 1 aromatic rings. The Morgan fingerprint density at radius 3 is 2.80 bits per heavy atom. The van der Waals surface area contributed by atoms with E-state index >= 15 is 0 Å². The topological polar surface area (TPSA) is 68.4 Å². The smallest absolute Gasteiger partial charge is 0.391 e. The van der Waals surface area contributed by atoms with Crippen LogP contribution in [0.1, 0.15) is 36.3 Å². The van der Waals surface area contributed by atoms with E-state index < -0.39 is 24.0 Å². The number of nitrogens with two attached hydrogens (primary N) is 1. The zero-order valence-electron chi connectivity index (χ0n) is 11.0. The quantitative estimate of drug-likeness (QED) is 0.891. The molecular formula is C13H17F3N2O2. The number of aryl methyl sites for hydroxylation is 1. The van der Waals surface area contributed by atoms with Crippen LogP contribution in [0.15, 0.2) is 12.1 Å². The maximum absolute atomic E-state index is 12.6. The van der Waals surface area contributed by atoms with Crippen LogP contribution in [-0.2, 0) is 17.3 Å². The highest BCUT2D eigenvalue weighted by atomic mass is 19.4. The fraction of sp³-hybridized carbons (Fsp3) is 0.615. The van der Waals surface area contributed by atoms with Gasteiger partial charge in [-0.15, -0.1) is 0 Å². The van der Waals surface area contributed by atoms with Gasteiger partial charge in [0.2, 0.25) is 0 Å². The molecule has 112 valence electrons. The number of nitrogens with zero attached hydrogens (tertiary/aromatic N) is 1. The first-order chi connectivity index (χ1) is 9.29. The Hall–Kier alpha value is -1.18. The number of fused-ring (bicyclic) bond motifs is 1. The van der Waals surface area contributed by atoms with E-state index in [0.717, 1.165) is 6.07 Å². The molecule has 0 unspecified atom stereocenters. The van der Waals surface area contributed by atoms with Crippen molar-refractivity contribution in [2.24, 2.45) is 5.73 Å². The Labute approximate surface area is 114 Å². The second-order valence-corrected chi connectivity index (χ2v) is 5.02. The Balaban J connectivity index is 2.17. The molecule has 3 atom stereocenters. The van der Waals surface area contributed by atoms with Crippen LogP contribution in [0.2, 0.25) is 0 Å². The molecule has 0 radical (unpaired) electrons. The minimum atomic E-state index is -4.45. The van der Waals surface area contributed by atoms with Gasteiger partial charge in [-0.05, 0) is 31.4 Å². The van der Waals surface area contributed by atoms with E-state index in [0.29, 0.717) is 24.1 Å². The number of rotatable bonds is 3. The molecule has 4 nitrogen and oxygen atoms in total. The minimum absolute atomic E-state index is 0.155. The summed E-state index contributed by atoms with van der Waals surface area (Å²) in [5.41, 5.74) is 6.07. The van der Waals surface area contributed by atoms with Crippen LogP contribution >= 0.6 is 0 Å². The number of hydrogen-bond acceptors (Lipinski definition) is 4. The van der Waals surface area contributed by atoms with Gasteiger partial charge in [0.15, 0.2) is 0 Å². The van der Waals surface area contributed by atoms with Crippen molar-refractivity contribution in [2.75, 3.05) is 6.61 Å². The third-order valence-corrected chi connectivity index (χ3v) is 3.28. The van der Waals surface area contributed by atoms with Crippen molar-refractivity contribution in [3.8, 4) is 0 Å². The summed E-state index contributed by atoms with van der Waals surface area (Å²) in [7, 11) is 0. The van der Waals surface area contributed by atoms with Crippen LogP contribution in [0.4, 0.5) is 13.2 Å². The van der Waals surface area contributed by atoms with Crippen molar-refractivity contribution in [2.45, 2.75) is 44.2 Å². The second kappa shape index (κ2) is 5.67. The molecule has 20 heavy (non-hydrogen) atoms. The molecule has 0 saturated heterocycles. The largest absolute Gasteiger partial charge is 0.433 e. The highest BCUT2D eigenvalue weighted by molar-refractivity contribution is 5.30. The molecule has 1 aromatic heterocycles. The number of ether oxygens (including phenoxy) is 1. The third-order valence-electron chi connectivity index (χ3n) is 3.28. The van der Waals surface area contributed by atoms with Gasteiger partial charge in [-0.2, -0.15) is 13.2 Å². The van der Waals surface area contributed by atoms with Crippen molar-refractivity contribution in [3.63, 3.8) is 0 Å². The maximum Gasteiger partial charge on any atom is 0.433 e. The summed E-state index contributed by atoms with van der Waals surface area (Å²) in [5, 5.41) is 9.19. The summed E-state index contributed by atoms with van der Waals surface area (Å²) in [5.74, 6) is 0. The fourth-order valence-corrected chi connectivity index (χ4v) is 2.28. The van der Waals surface area contributed by atoms with E-state index in [9.17, 15) is 18.3 Å². The van der Waals surface area contributed by atoms with Crippen LogP contribution in [0.5, 0.6) is 0 Å². The Morgan fingerprint density at radius 2 is 2.20 bits per heavy atom. The number of aliphatic hydroxyl groups is 1. The number of halogens is 3. The Bertz CT molecular complexity index is 477. The predicted molar refractivity (Wildman–Crippen MR) is 65.9 cm³/mol. The molecule has 0 amide bonds. The number of hydrogen-bond donors (Lipinski definition) is 2. The molecule has 7 heteroatoms. The van der Waals surface area contributed by atoms with Crippen LogP contribution in [-0.4, -0.2) is 28.9 Å². The zero-order chi connectivity index (χ0) is 14.9. The highest BCUT2D eigenvalue weighted by Crippen LogP contribution is 2.33. The van der Waals surface area contributed by atoms with E-state index in [1.807, 2.05) is 0 Å². The van der Waals surface area contributed by atoms with E-state index in [2.05, 4.69) is 4.98 Å². The summed E-state index contributed by atoms with van der Waals surface area (Å²) >= 11 is 0. The number of pyridine rings is 1. The van der Waals surface area contributed by atoms with Gasteiger partial charge >= 0.3 is 6.18 Å². The molecule has 0 saturated carbocycles. The normalized spacial score (nSPS) is 24.3. The van der Waals surface area contributed by atoms with Crippen LogP contribution in [0.3, 0.4) is 0 Å². The number of aliphatic hydroxyl groups excluding tert-OH is 1. The van der Waals surface area contributed by atoms with E-state index in [-0.39, 0.29) is 12.7 Å². The molecule has 0 spiro atoms. The highest BCUT2D eigenvalue weighted by Gasteiger charge is 2.35. The molecule has 2 rings (SSSR count). The van der Waals surface area contributed by atoms with Crippen molar-refractivity contribution >= 4 is 0 Å². The first-order valence-electron chi connectivity index (χ1n) is 6.41. The summed E-state index contributed by atoms with van der Waals surface area (Å²) in [6.45, 7) is 1.75. The lowest BCUT2D eigenvalue weighted by Gasteiger charge is -2.31. The van der Waals surface area contributed by atoms with Crippen molar-refractivity contribution in [1.82, 2.24) is 4.98 Å². The molecular weight excluding hydrogens is 273 g/mol. The Kier molecular flexibility index (Phi) is 4.31. The van der Waals surface area contributed by atoms with E-state index in [1.165, 1.54) is 6.07 Å². The average molecular weight is 290 g/mol. The van der Waals surface area contributed by atoms with Gasteiger partial charge in [-0.3, -0.25) is 0 Å². The third kappa shape index (κ3) is 3.28. The molecule has 0 bridgehead atoms.